The summed E-state index contributed by atoms with van der Waals surface area (Å²) >= 11 is 1.57. The number of ether oxygens (including phenoxy) is 1. The van der Waals surface area contributed by atoms with E-state index in [1.165, 1.54) is 5.56 Å². The largest absolute Gasteiger partial charge is 0.493 e. The molecule has 4 rings (SSSR count). The van der Waals surface area contributed by atoms with Crippen LogP contribution in [0.15, 0.2) is 52.7 Å². The fraction of sp³-hybridized carbons (Fsp3) is 0.250. The number of benzene rings is 2. The van der Waals surface area contributed by atoms with Gasteiger partial charge in [-0.1, -0.05) is 29.8 Å². The summed E-state index contributed by atoms with van der Waals surface area (Å²) in [6, 6.07) is 13.2. The Kier molecular flexibility index (Phi) is 4.99. The molecule has 0 unspecified atom stereocenters. The zero-order chi connectivity index (χ0) is 18.9. The molecule has 0 fully saturated rings. The number of nitrogens with one attached hydrogen (secondary N) is 1. The van der Waals surface area contributed by atoms with Crippen LogP contribution >= 0.6 is 11.3 Å². The van der Waals surface area contributed by atoms with Gasteiger partial charge in [-0.05, 0) is 30.7 Å². The molecule has 0 saturated heterocycles. The third-order valence-electron chi connectivity index (χ3n) is 4.49. The Labute approximate surface area is 163 Å². The van der Waals surface area contributed by atoms with E-state index in [0.717, 1.165) is 34.0 Å². The molecule has 1 aliphatic rings. The normalized spacial score (nSPS) is 13.4. The molecule has 0 atom stereocenters. The van der Waals surface area contributed by atoms with E-state index < -0.39 is 10.0 Å². The SMILES string of the molecule is Cc1ccc(-c2nc(CCNS(=O)(=O)c3ccc4c(c3)CCO4)cs2)cc1. The fourth-order valence-corrected chi connectivity index (χ4v) is 4.92. The summed E-state index contributed by atoms with van der Waals surface area (Å²) in [6.07, 6.45) is 1.30. The summed E-state index contributed by atoms with van der Waals surface area (Å²) in [7, 11) is -3.53. The Bertz CT molecular complexity index is 1060. The molecule has 0 saturated carbocycles. The highest BCUT2D eigenvalue weighted by molar-refractivity contribution is 7.89. The quantitative estimate of drug-likeness (QED) is 0.687. The fourth-order valence-electron chi connectivity index (χ4n) is 2.98. The van der Waals surface area contributed by atoms with Crippen molar-refractivity contribution in [2.45, 2.75) is 24.7 Å². The van der Waals surface area contributed by atoms with Gasteiger partial charge in [0.25, 0.3) is 0 Å². The molecule has 2 aromatic carbocycles. The summed E-state index contributed by atoms with van der Waals surface area (Å²) in [5, 5.41) is 2.93. The molecule has 1 aliphatic heterocycles. The number of aromatic nitrogens is 1. The van der Waals surface area contributed by atoms with Gasteiger partial charge in [0.1, 0.15) is 10.8 Å². The molecule has 0 radical (unpaired) electrons. The van der Waals surface area contributed by atoms with Crippen LogP contribution in [-0.2, 0) is 22.9 Å². The van der Waals surface area contributed by atoms with Gasteiger partial charge in [-0.25, -0.2) is 18.1 Å². The molecule has 3 aromatic rings. The van der Waals surface area contributed by atoms with E-state index in [1.54, 1.807) is 29.5 Å². The molecule has 0 spiro atoms. The maximum atomic E-state index is 12.5. The predicted molar refractivity (Wildman–Crippen MR) is 107 cm³/mol. The average molecular weight is 401 g/mol. The Morgan fingerprint density at radius 1 is 1.19 bits per heavy atom. The minimum atomic E-state index is -3.53. The van der Waals surface area contributed by atoms with E-state index in [9.17, 15) is 8.42 Å². The number of rotatable bonds is 6. The third-order valence-corrected chi connectivity index (χ3v) is 6.89. The molecular weight excluding hydrogens is 380 g/mol. The van der Waals surface area contributed by atoms with Crippen molar-refractivity contribution in [2.24, 2.45) is 0 Å². The summed E-state index contributed by atoms with van der Waals surface area (Å²) < 4.78 is 33.1. The number of hydrogen-bond donors (Lipinski definition) is 1. The molecule has 2 heterocycles. The number of thiazole rings is 1. The lowest BCUT2D eigenvalue weighted by atomic mass is 10.2. The van der Waals surface area contributed by atoms with E-state index in [-0.39, 0.29) is 4.90 Å². The van der Waals surface area contributed by atoms with Gasteiger partial charge >= 0.3 is 0 Å². The molecule has 7 heteroatoms. The number of fused-ring (bicyclic) bond motifs is 1. The first-order chi connectivity index (χ1) is 13.0. The predicted octanol–water partition coefficient (Wildman–Crippen LogP) is 3.57. The van der Waals surface area contributed by atoms with Crippen LogP contribution in [0.4, 0.5) is 0 Å². The van der Waals surface area contributed by atoms with Gasteiger partial charge in [-0.3, -0.25) is 0 Å². The summed E-state index contributed by atoms with van der Waals surface area (Å²) in [5.74, 6) is 0.778. The van der Waals surface area contributed by atoms with E-state index >= 15 is 0 Å². The molecule has 1 aromatic heterocycles. The Morgan fingerprint density at radius 3 is 2.81 bits per heavy atom. The smallest absolute Gasteiger partial charge is 0.240 e. The first-order valence-electron chi connectivity index (χ1n) is 8.78. The first-order valence-corrected chi connectivity index (χ1v) is 11.1. The van der Waals surface area contributed by atoms with E-state index in [1.807, 2.05) is 5.38 Å². The molecule has 0 amide bonds. The number of sulfonamides is 1. The van der Waals surface area contributed by atoms with Gasteiger partial charge in [0.15, 0.2) is 0 Å². The minimum absolute atomic E-state index is 0.283. The average Bonchev–Trinajstić information content (AvgIpc) is 3.31. The number of hydrogen-bond acceptors (Lipinski definition) is 5. The third kappa shape index (κ3) is 4.05. The number of aryl methyl sites for hydroxylation is 1. The van der Waals surface area contributed by atoms with Crippen LogP contribution in [0.5, 0.6) is 5.75 Å². The van der Waals surface area contributed by atoms with E-state index in [0.29, 0.717) is 19.6 Å². The van der Waals surface area contributed by atoms with Crippen LogP contribution in [0.1, 0.15) is 16.8 Å². The molecular formula is C20H20N2O3S2. The van der Waals surface area contributed by atoms with Gasteiger partial charge in [-0.2, -0.15) is 0 Å². The second-order valence-electron chi connectivity index (χ2n) is 6.53. The molecule has 0 aliphatic carbocycles. The highest BCUT2D eigenvalue weighted by Crippen LogP contribution is 2.27. The Morgan fingerprint density at radius 2 is 2.00 bits per heavy atom. The van der Waals surface area contributed by atoms with Crippen molar-refractivity contribution in [1.82, 2.24) is 9.71 Å². The van der Waals surface area contributed by atoms with Gasteiger partial charge in [0, 0.05) is 30.3 Å². The Balaban J connectivity index is 1.39. The lowest BCUT2D eigenvalue weighted by Gasteiger charge is -2.07. The maximum absolute atomic E-state index is 12.5. The topological polar surface area (TPSA) is 68.3 Å². The van der Waals surface area contributed by atoms with Gasteiger partial charge in [0.2, 0.25) is 10.0 Å². The standard InChI is InChI=1S/C20H20N2O3S2/c1-14-2-4-15(5-3-14)20-22-17(13-26-20)8-10-21-27(23,24)18-6-7-19-16(12-18)9-11-25-19/h2-7,12-13,21H,8-11H2,1H3. The van der Waals surface area contributed by atoms with Crippen molar-refractivity contribution < 1.29 is 13.2 Å². The van der Waals surface area contributed by atoms with E-state index in [4.69, 9.17) is 4.74 Å². The molecule has 1 N–H and O–H groups in total. The van der Waals surface area contributed by atoms with Crippen molar-refractivity contribution in [2.75, 3.05) is 13.2 Å². The minimum Gasteiger partial charge on any atom is -0.493 e. The lowest BCUT2D eigenvalue weighted by Crippen LogP contribution is -2.26. The molecule has 140 valence electrons. The van der Waals surface area contributed by atoms with Crippen molar-refractivity contribution in [3.8, 4) is 16.3 Å². The monoisotopic (exact) mass is 400 g/mol. The highest BCUT2D eigenvalue weighted by atomic mass is 32.2. The van der Waals surface area contributed by atoms with E-state index in [2.05, 4.69) is 40.9 Å². The summed E-state index contributed by atoms with van der Waals surface area (Å²) in [5.41, 5.74) is 4.13. The van der Waals surface area contributed by atoms with Gasteiger partial charge in [0.05, 0.1) is 17.2 Å². The second kappa shape index (κ2) is 7.42. The molecule has 5 nitrogen and oxygen atoms in total. The number of nitrogens with zero attached hydrogens (tertiary/aromatic N) is 1. The maximum Gasteiger partial charge on any atom is 0.240 e. The molecule has 0 bridgehead atoms. The zero-order valence-electron chi connectivity index (χ0n) is 14.9. The molecule has 27 heavy (non-hydrogen) atoms. The zero-order valence-corrected chi connectivity index (χ0v) is 16.6. The lowest BCUT2D eigenvalue weighted by molar-refractivity contribution is 0.356. The summed E-state index contributed by atoms with van der Waals surface area (Å²) in [4.78, 5) is 4.90. The second-order valence-corrected chi connectivity index (χ2v) is 9.15. The Hall–Kier alpha value is -2.22. The van der Waals surface area contributed by atoms with Crippen molar-refractivity contribution in [3.05, 3.63) is 64.7 Å². The van der Waals surface area contributed by atoms with Gasteiger partial charge < -0.3 is 4.74 Å². The highest BCUT2D eigenvalue weighted by Gasteiger charge is 2.19. The van der Waals surface area contributed by atoms with Crippen LogP contribution in [0.25, 0.3) is 10.6 Å². The van der Waals surface area contributed by atoms with Crippen molar-refractivity contribution in [3.63, 3.8) is 0 Å². The van der Waals surface area contributed by atoms with Crippen LogP contribution in [0.2, 0.25) is 0 Å². The van der Waals surface area contributed by atoms with Crippen molar-refractivity contribution >= 4 is 21.4 Å². The van der Waals surface area contributed by atoms with Crippen LogP contribution in [-0.4, -0.2) is 26.6 Å². The first kappa shape index (κ1) is 18.2. The van der Waals surface area contributed by atoms with Crippen LogP contribution < -0.4 is 9.46 Å². The summed E-state index contributed by atoms with van der Waals surface area (Å²) in [6.45, 7) is 2.98. The van der Waals surface area contributed by atoms with Crippen molar-refractivity contribution in [1.29, 1.82) is 0 Å². The van der Waals surface area contributed by atoms with Gasteiger partial charge in [-0.15, -0.1) is 11.3 Å². The van der Waals surface area contributed by atoms with Crippen LogP contribution in [0, 0.1) is 6.92 Å². The van der Waals surface area contributed by atoms with Crippen LogP contribution in [0.3, 0.4) is 0 Å².